The third kappa shape index (κ3) is 2.80. The van der Waals surface area contributed by atoms with E-state index in [4.69, 9.17) is 11.6 Å². The number of likely N-dealkylation sites (tertiary alicyclic amines) is 1. The van der Waals surface area contributed by atoms with Crippen molar-refractivity contribution in [1.29, 1.82) is 0 Å². The van der Waals surface area contributed by atoms with Gasteiger partial charge in [-0.2, -0.15) is 0 Å². The molecular weight excluding hydrogens is 260 g/mol. The van der Waals surface area contributed by atoms with Crippen molar-refractivity contribution in [2.45, 2.75) is 18.8 Å². The number of rotatable bonds is 2. The lowest BCUT2D eigenvalue weighted by molar-refractivity contribution is -0.129. The minimum absolute atomic E-state index is 0.0183. The highest BCUT2D eigenvalue weighted by atomic mass is 35.5. The molecule has 0 aliphatic carbocycles. The first-order chi connectivity index (χ1) is 8.61. The maximum atomic E-state index is 13.6. The Morgan fingerprint density at radius 2 is 2.00 bits per heavy atom. The summed E-state index contributed by atoms with van der Waals surface area (Å²) >= 11 is 5.49. The van der Waals surface area contributed by atoms with Crippen LogP contribution in [0.5, 0.6) is 0 Å². The molecule has 98 valence electrons. The van der Waals surface area contributed by atoms with E-state index in [0.717, 1.165) is 6.07 Å². The topological polar surface area (TPSA) is 20.3 Å². The number of hydrogen-bond acceptors (Lipinski definition) is 1. The first-order valence-corrected chi connectivity index (χ1v) is 6.44. The van der Waals surface area contributed by atoms with Gasteiger partial charge in [0.25, 0.3) is 0 Å². The van der Waals surface area contributed by atoms with Crippen LogP contribution in [0, 0.1) is 11.6 Å². The van der Waals surface area contributed by atoms with Crippen LogP contribution < -0.4 is 0 Å². The van der Waals surface area contributed by atoms with Crippen LogP contribution >= 0.6 is 11.6 Å². The molecule has 1 saturated heterocycles. The van der Waals surface area contributed by atoms with E-state index in [-0.39, 0.29) is 17.7 Å². The summed E-state index contributed by atoms with van der Waals surface area (Å²) in [5.41, 5.74) is 0.536. The van der Waals surface area contributed by atoms with Gasteiger partial charge < -0.3 is 4.90 Å². The summed E-state index contributed by atoms with van der Waals surface area (Å²) in [7, 11) is 0. The molecule has 1 heterocycles. The second-order valence-electron chi connectivity index (χ2n) is 4.45. The van der Waals surface area contributed by atoms with E-state index in [1.807, 2.05) is 0 Å². The highest BCUT2D eigenvalue weighted by Gasteiger charge is 2.25. The molecule has 2 nitrogen and oxygen atoms in total. The zero-order chi connectivity index (χ0) is 13.1. The highest BCUT2D eigenvalue weighted by molar-refractivity contribution is 6.27. The van der Waals surface area contributed by atoms with E-state index in [1.54, 1.807) is 4.90 Å². The first-order valence-electron chi connectivity index (χ1n) is 5.90. The lowest BCUT2D eigenvalue weighted by Gasteiger charge is -2.32. The number of carbonyl (C=O) groups excluding carboxylic acids is 1. The summed E-state index contributed by atoms with van der Waals surface area (Å²) in [5, 5.41) is 0. The smallest absolute Gasteiger partial charge is 0.237 e. The molecular formula is C13H14ClF2NO. The number of piperidine rings is 1. The Balaban J connectivity index is 2.03. The van der Waals surface area contributed by atoms with Crippen molar-refractivity contribution in [3.8, 4) is 0 Å². The minimum Gasteiger partial charge on any atom is -0.342 e. The van der Waals surface area contributed by atoms with Gasteiger partial charge in [0.1, 0.15) is 17.5 Å². The Labute approximate surface area is 110 Å². The first kappa shape index (κ1) is 13.3. The largest absolute Gasteiger partial charge is 0.342 e. The quantitative estimate of drug-likeness (QED) is 0.759. The third-order valence-electron chi connectivity index (χ3n) is 3.36. The molecule has 0 N–H and O–H groups in total. The van der Waals surface area contributed by atoms with Crippen LogP contribution in [0.4, 0.5) is 8.78 Å². The molecule has 0 atom stereocenters. The van der Waals surface area contributed by atoms with Gasteiger partial charge in [-0.05, 0) is 30.4 Å². The van der Waals surface area contributed by atoms with Crippen molar-refractivity contribution >= 4 is 17.5 Å². The summed E-state index contributed by atoms with van der Waals surface area (Å²) in [4.78, 5) is 13.1. The maximum absolute atomic E-state index is 13.6. The molecule has 0 unspecified atom stereocenters. The number of nitrogens with zero attached hydrogens (tertiary/aromatic N) is 1. The van der Waals surface area contributed by atoms with E-state index in [1.165, 1.54) is 12.1 Å². The summed E-state index contributed by atoms with van der Waals surface area (Å²) in [5.74, 6) is -1.13. The SMILES string of the molecule is O=C(CCl)N1CCC(c2ccc(F)cc2F)CC1. The second kappa shape index (κ2) is 5.65. The number of alkyl halides is 1. The van der Waals surface area contributed by atoms with Crippen molar-refractivity contribution in [1.82, 2.24) is 4.90 Å². The molecule has 2 rings (SSSR count). The number of benzene rings is 1. The van der Waals surface area contributed by atoms with Crippen LogP contribution in [0.2, 0.25) is 0 Å². The average molecular weight is 274 g/mol. The van der Waals surface area contributed by atoms with Crippen LogP contribution in [0.25, 0.3) is 0 Å². The minimum atomic E-state index is -0.564. The summed E-state index contributed by atoms with van der Waals surface area (Å²) < 4.78 is 26.4. The van der Waals surface area contributed by atoms with Crippen LogP contribution in [-0.4, -0.2) is 29.8 Å². The Bertz CT molecular complexity index is 445. The zero-order valence-electron chi connectivity index (χ0n) is 9.83. The van der Waals surface area contributed by atoms with Crippen LogP contribution in [0.15, 0.2) is 18.2 Å². The van der Waals surface area contributed by atoms with E-state index in [9.17, 15) is 13.6 Å². The zero-order valence-corrected chi connectivity index (χ0v) is 10.6. The molecule has 1 aromatic carbocycles. The van der Waals surface area contributed by atoms with Gasteiger partial charge in [0.15, 0.2) is 0 Å². The van der Waals surface area contributed by atoms with Gasteiger partial charge in [0, 0.05) is 19.2 Å². The molecule has 0 radical (unpaired) electrons. The second-order valence-corrected chi connectivity index (χ2v) is 4.72. The average Bonchev–Trinajstić information content (AvgIpc) is 2.38. The molecule has 0 spiro atoms. The van der Waals surface area contributed by atoms with E-state index < -0.39 is 11.6 Å². The van der Waals surface area contributed by atoms with E-state index in [2.05, 4.69) is 0 Å². The third-order valence-corrected chi connectivity index (χ3v) is 3.59. The fraction of sp³-hybridized carbons (Fsp3) is 0.462. The van der Waals surface area contributed by atoms with Gasteiger partial charge in [-0.1, -0.05) is 6.07 Å². The molecule has 1 aromatic rings. The molecule has 0 bridgehead atoms. The van der Waals surface area contributed by atoms with E-state index in [0.29, 0.717) is 31.5 Å². The van der Waals surface area contributed by atoms with Gasteiger partial charge in [-0.25, -0.2) is 8.78 Å². The van der Waals surface area contributed by atoms with Crippen molar-refractivity contribution in [3.05, 3.63) is 35.4 Å². The van der Waals surface area contributed by atoms with Gasteiger partial charge in [-0.15, -0.1) is 11.6 Å². The van der Waals surface area contributed by atoms with Crippen LogP contribution in [-0.2, 0) is 4.79 Å². The van der Waals surface area contributed by atoms with Crippen molar-refractivity contribution in [3.63, 3.8) is 0 Å². The Kier molecular flexibility index (Phi) is 4.17. The van der Waals surface area contributed by atoms with Crippen molar-refractivity contribution < 1.29 is 13.6 Å². The molecule has 18 heavy (non-hydrogen) atoms. The number of hydrogen-bond donors (Lipinski definition) is 0. The normalized spacial score (nSPS) is 16.9. The molecule has 1 fully saturated rings. The Morgan fingerprint density at radius 3 is 2.56 bits per heavy atom. The lowest BCUT2D eigenvalue weighted by Crippen LogP contribution is -2.38. The molecule has 1 amide bonds. The summed E-state index contributed by atoms with van der Waals surface area (Å²) in [6.45, 7) is 1.15. The van der Waals surface area contributed by atoms with Crippen molar-refractivity contribution in [2.24, 2.45) is 0 Å². The molecule has 0 saturated carbocycles. The Morgan fingerprint density at radius 1 is 1.33 bits per heavy atom. The van der Waals surface area contributed by atoms with Crippen LogP contribution in [0.3, 0.4) is 0 Å². The number of halogens is 3. The summed E-state index contributed by atoms with van der Waals surface area (Å²) in [6.07, 6.45) is 1.37. The molecule has 1 aliphatic heterocycles. The van der Waals surface area contributed by atoms with Gasteiger partial charge in [0.05, 0.1) is 0 Å². The number of carbonyl (C=O) groups is 1. The standard InChI is InChI=1S/C13H14ClF2NO/c14-8-13(18)17-5-3-9(4-6-17)11-2-1-10(15)7-12(11)16/h1-2,7,9H,3-6,8H2. The summed E-state index contributed by atoms with van der Waals surface area (Å²) in [6, 6.07) is 3.68. The number of amides is 1. The van der Waals surface area contributed by atoms with Crippen LogP contribution in [0.1, 0.15) is 24.3 Å². The lowest BCUT2D eigenvalue weighted by atomic mass is 9.89. The van der Waals surface area contributed by atoms with E-state index >= 15 is 0 Å². The van der Waals surface area contributed by atoms with Gasteiger partial charge in [0.2, 0.25) is 5.91 Å². The molecule has 0 aromatic heterocycles. The maximum Gasteiger partial charge on any atom is 0.237 e. The predicted octanol–water partition coefficient (Wildman–Crippen LogP) is 2.91. The van der Waals surface area contributed by atoms with Gasteiger partial charge in [-0.3, -0.25) is 4.79 Å². The van der Waals surface area contributed by atoms with Crippen molar-refractivity contribution in [2.75, 3.05) is 19.0 Å². The fourth-order valence-electron chi connectivity index (χ4n) is 2.36. The molecule has 5 heteroatoms. The Hall–Kier alpha value is -1.16. The fourth-order valence-corrected chi connectivity index (χ4v) is 2.53. The highest BCUT2D eigenvalue weighted by Crippen LogP contribution is 2.30. The van der Waals surface area contributed by atoms with Gasteiger partial charge >= 0.3 is 0 Å². The molecule has 1 aliphatic rings. The monoisotopic (exact) mass is 273 g/mol. The predicted molar refractivity (Wildman–Crippen MR) is 65.6 cm³/mol.